The number of aryl methyl sites for hydroxylation is 2. The second kappa shape index (κ2) is 10.5. The van der Waals surface area contributed by atoms with E-state index < -0.39 is 0 Å². The van der Waals surface area contributed by atoms with Gasteiger partial charge < -0.3 is 10.0 Å². The number of para-hydroxylation sites is 1. The van der Waals surface area contributed by atoms with Crippen LogP contribution in [0.5, 0.6) is 5.75 Å². The van der Waals surface area contributed by atoms with Gasteiger partial charge in [-0.1, -0.05) is 49.2 Å². The van der Waals surface area contributed by atoms with Crippen molar-refractivity contribution in [2.75, 3.05) is 11.4 Å². The summed E-state index contributed by atoms with van der Waals surface area (Å²) >= 11 is 6.34. The molecule has 0 saturated carbocycles. The largest absolute Gasteiger partial charge is 0.508 e. The Hall–Kier alpha value is -3.38. The third-order valence-corrected chi connectivity index (χ3v) is 5.87. The molecule has 0 aliphatic carbocycles. The highest BCUT2D eigenvalue weighted by Crippen LogP contribution is 2.21. The lowest BCUT2D eigenvalue weighted by Crippen LogP contribution is -2.27. The van der Waals surface area contributed by atoms with E-state index in [1.54, 1.807) is 10.7 Å². The van der Waals surface area contributed by atoms with E-state index in [0.717, 1.165) is 53.7 Å². The highest BCUT2D eigenvalue weighted by Gasteiger charge is 2.14. The summed E-state index contributed by atoms with van der Waals surface area (Å²) in [6.45, 7) is 5.41. The SMILES string of the molecule is CCCc1cnc(N(CCc2ccc(O)c(C)c2)Cc2cnn(-c3ccccc3Cl)c2)nc1. The van der Waals surface area contributed by atoms with Crippen LogP contribution in [0.2, 0.25) is 5.02 Å². The van der Waals surface area contributed by atoms with Gasteiger partial charge in [-0.25, -0.2) is 14.6 Å². The fourth-order valence-corrected chi connectivity index (χ4v) is 3.97. The van der Waals surface area contributed by atoms with Crippen molar-refractivity contribution >= 4 is 17.5 Å². The molecule has 0 amide bonds. The van der Waals surface area contributed by atoms with Gasteiger partial charge in [-0.15, -0.1) is 0 Å². The fourth-order valence-electron chi connectivity index (χ4n) is 3.75. The van der Waals surface area contributed by atoms with E-state index in [1.165, 1.54) is 0 Å². The number of aromatic nitrogens is 4. The van der Waals surface area contributed by atoms with Gasteiger partial charge in [0.1, 0.15) is 5.75 Å². The zero-order chi connectivity index (χ0) is 23.2. The summed E-state index contributed by atoms with van der Waals surface area (Å²) in [6, 6.07) is 13.4. The van der Waals surface area contributed by atoms with Crippen molar-refractivity contribution in [3.05, 3.63) is 94.5 Å². The third-order valence-electron chi connectivity index (χ3n) is 5.55. The smallest absolute Gasteiger partial charge is 0.225 e. The molecule has 6 nitrogen and oxygen atoms in total. The van der Waals surface area contributed by atoms with Crippen LogP contribution in [0.15, 0.2) is 67.3 Å². The van der Waals surface area contributed by atoms with Crippen LogP contribution in [0.3, 0.4) is 0 Å². The quantitative estimate of drug-likeness (QED) is 0.355. The predicted octanol–water partition coefficient (Wildman–Crippen LogP) is 5.53. The predicted molar refractivity (Wildman–Crippen MR) is 132 cm³/mol. The van der Waals surface area contributed by atoms with Crippen molar-refractivity contribution in [1.82, 2.24) is 19.7 Å². The number of nitrogens with zero attached hydrogens (tertiary/aromatic N) is 5. The van der Waals surface area contributed by atoms with Gasteiger partial charge in [-0.2, -0.15) is 5.10 Å². The number of rotatable bonds is 9. The molecule has 0 spiro atoms. The van der Waals surface area contributed by atoms with Gasteiger partial charge >= 0.3 is 0 Å². The molecular formula is C26H28ClN5O. The number of phenols is 1. The number of halogens is 1. The van der Waals surface area contributed by atoms with E-state index in [0.29, 0.717) is 23.3 Å². The molecule has 4 rings (SSSR count). The Morgan fingerprint density at radius 3 is 2.48 bits per heavy atom. The number of anilines is 1. The molecule has 0 unspecified atom stereocenters. The van der Waals surface area contributed by atoms with E-state index in [4.69, 9.17) is 11.6 Å². The van der Waals surface area contributed by atoms with Crippen LogP contribution in [-0.4, -0.2) is 31.4 Å². The summed E-state index contributed by atoms with van der Waals surface area (Å²) < 4.78 is 1.80. The van der Waals surface area contributed by atoms with Crippen molar-refractivity contribution in [1.29, 1.82) is 0 Å². The van der Waals surface area contributed by atoms with Gasteiger partial charge in [0.2, 0.25) is 5.95 Å². The molecule has 4 aromatic rings. The lowest BCUT2D eigenvalue weighted by molar-refractivity contribution is 0.471. The normalized spacial score (nSPS) is 11.0. The second-order valence-electron chi connectivity index (χ2n) is 8.18. The topological polar surface area (TPSA) is 67.1 Å². The Labute approximate surface area is 199 Å². The van der Waals surface area contributed by atoms with Crippen LogP contribution in [0.4, 0.5) is 5.95 Å². The number of phenolic OH excluding ortho intramolecular Hbond substituents is 1. The molecule has 170 valence electrons. The molecule has 2 aromatic heterocycles. The Bertz CT molecular complexity index is 1210. The summed E-state index contributed by atoms with van der Waals surface area (Å²) in [6.07, 6.45) is 10.5. The van der Waals surface area contributed by atoms with Crippen molar-refractivity contribution < 1.29 is 5.11 Å². The molecule has 0 bridgehead atoms. The summed E-state index contributed by atoms with van der Waals surface area (Å²) in [5.74, 6) is 1.01. The minimum Gasteiger partial charge on any atom is -0.508 e. The van der Waals surface area contributed by atoms with Gasteiger partial charge in [0.15, 0.2) is 0 Å². The molecule has 0 aliphatic heterocycles. The second-order valence-corrected chi connectivity index (χ2v) is 8.59. The molecule has 1 N–H and O–H groups in total. The number of hydrogen-bond donors (Lipinski definition) is 1. The number of hydrogen-bond acceptors (Lipinski definition) is 5. The summed E-state index contributed by atoms with van der Waals surface area (Å²) in [5, 5.41) is 15.0. The number of benzene rings is 2. The molecule has 0 radical (unpaired) electrons. The van der Waals surface area contributed by atoms with E-state index in [9.17, 15) is 5.11 Å². The van der Waals surface area contributed by atoms with E-state index in [2.05, 4.69) is 26.9 Å². The molecule has 0 saturated heterocycles. The maximum absolute atomic E-state index is 9.83. The maximum Gasteiger partial charge on any atom is 0.225 e. The van der Waals surface area contributed by atoms with Crippen LogP contribution >= 0.6 is 11.6 Å². The van der Waals surface area contributed by atoms with Crippen LogP contribution in [-0.2, 0) is 19.4 Å². The third kappa shape index (κ3) is 5.71. The lowest BCUT2D eigenvalue weighted by atomic mass is 10.1. The Kier molecular flexibility index (Phi) is 7.25. The highest BCUT2D eigenvalue weighted by molar-refractivity contribution is 6.32. The van der Waals surface area contributed by atoms with Crippen molar-refractivity contribution in [2.45, 2.75) is 39.7 Å². The van der Waals surface area contributed by atoms with Crippen LogP contribution in [0.1, 0.15) is 35.6 Å². The van der Waals surface area contributed by atoms with Crippen LogP contribution < -0.4 is 4.90 Å². The summed E-state index contributed by atoms with van der Waals surface area (Å²) in [7, 11) is 0. The van der Waals surface area contributed by atoms with Gasteiger partial charge in [-0.05, 0) is 54.7 Å². The zero-order valence-corrected chi connectivity index (χ0v) is 19.7. The fraction of sp³-hybridized carbons (Fsp3) is 0.269. The Morgan fingerprint density at radius 1 is 0.970 bits per heavy atom. The average molecular weight is 462 g/mol. The zero-order valence-electron chi connectivity index (χ0n) is 18.9. The van der Waals surface area contributed by atoms with Gasteiger partial charge in [-0.3, -0.25) is 0 Å². The minimum atomic E-state index is 0.317. The molecule has 2 aromatic carbocycles. The van der Waals surface area contributed by atoms with E-state index >= 15 is 0 Å². The van der Waals surface area contributed by atoms with Crippen molar-refractivity contribution in [3.63, 3.8) is 0 Å². The van der Waals surface area contributed by atoms with Crippen molar-refractivity contribution in [3.8, 4) is 11.4 Å². The van der Waals surface area contributed by atoms with E-state index in [-0.39, 0.29) is 0 Å². The Balaban J connectivity index is 1.55. The van der Waals surface area contributed by atoms with Gasteiger partial charge in [0.25, 0.3) is 0 Å². The first kappa shape index (κ1) is 22.8. The van der Waals surface area contributed by atoms with Crippen molar-refractivity contribution in [2.24, 2.45) is 0 Å². The minimum absolute atomic E-state index is 0.317. The Morgan fingerprint density at radius 2 is 1.76 bits per heavy atom. The molecule has 0 fully saturated rings. The molecular weight excluding hydrogens is 434 g/mol. The standard InChI is InChI=1S/C26H28ClN5O/c1-3-6-21-14-28-26(29-15-21)31(12-11-20-9-10-25(33)19(2)13-20)17-22-16-30-32(18-22)24-8-5-4-7-23(24)27/h4-5,7-10,13-16,18,33H,3,6,11-12,17H2,1-2H3. The van der Waals surface area contributed by atoms with Crippen LogP contribution in [0.25, 0.3) is 5.69 Å². The van der Waals surface area contributed by atoms with Gasteiger partial charge in [0, 0.05) is 37.2 Å². The summed E-state index contributed by atoms with van der Waals surface area (Å²) in [4.78, 5) is 11.4. The first-order chi connectivity index (χ1) is 16.0. The maximum atomic E-state index is 9.83. The average Bonchev–Trinajstić information content (AvgIpc) is 3.28. The summed E-state index contributed by atoms with van der Waals surface area (Å²) in [5.41, 5.74) is 5.06. The molecule has 7 heteroatoms. The molecule has 2 heterocycles. The monoisotopic (exact) mass is 461 g/mol. The first-order valence-electron chi connectivity index (χ1n) is 11.2. The molecule has 0 aliphatic rings. The molecule has 0 atom stereocenters. The number of aromatic hydroxyl groups is 1. The first-order valence-corrected chi connectivity index (χ1v) is 11.5. The van der Waals surface area contributed by atoms with E-state index in [1.807, 2.05) is 68.1 Å². The lowest BCUT2D eigenvalue weighted by Gasteiger charge is -2.22. The van der Waals surface area contributed by atoms with Gasteiger partial charge in [0.05, 0.1) is 16.9 Å². The molecule has 33 heavy (non-hydrogen) atoms. The highest BCUT2D eigenvalue weighted by atomic mass is 35.5. The van der Waals surface area contributed by atoms with Crippen LogP contribution in [0, 0.1) is 6.92 Å².